The highest BCUT2D eigenvalue weighted by atomic mass is 19.4. The second kappa shape index (κ2) is 11.6. The summed E-state index contributed by atoms with van der Waals surface area (Å²) < 4.78 is 81.8. The number of nitriles is 1. The van der Waals surface area contributed by atoms with E-state index in [-0.39, 0.29) is 35.9 Å². The lowest BCUT2D eigenvalue weighted by Gasteiger charge is -2.30. The molecule has 1 N–H and O–H groups in total. The molecule has 40 heavy (non-hydrogen) atoms. The van der Waals surface area contributed by atoms with Crippen LogP contribution in [0.4, 0.5) is 38.0 Å². The van der Waals surface area contributed by atoms with Crippen LogP contribution in [-0.2, 0) is 25.4 Å². The van der Waals surface area contributed by atoms with Crippen LogP contribution in [-0.4, -0.2) is 28.2 Å². The highest BCUT2D eigenvalue weighted by Gasteiger charge is 2.33. The van der Waals surface area contributed by atoms with Crippen LogP contribution in [0.15, 0.2) is 48.8 Å². The number of aromatic nitrogens is 2. The average Bonchev–Trinajstić information content (AvgIpc) is 3.71. The minimum atomic E-state index is -4.71. The third kappa shape index (κ3) is 7.34. The fraction of sp³-hybridized carbons (Fsp3) is 0.393. The number of halogens is 6. The van der Waals surface area contributed by atoms with Gasteiger partial charge in [-0.3, -0.25) is 0 Å². The van der Waals surface area contributed by atoms with E-state index < -0.39 is 23.5 Å². The SMILES string of the molecule is CCCN(CC1CC1)c1ccc(C(F)(F)F)cc1CN(Cc1cc(C#N)cc(C(F)(F)F)c1)c1ncc(O)cn1. The largest absolute Gasteiger partial charge is 0.505 e. The smallest absolute Gasteiger partial charge is 0.416 e. The molecular formula is C28H27F6N5O. The van der Waals surface area contributed by atoms with Gasteiger partial charge in [-0.1, -0.05) is 6.92 Å². The summed E-state index contributed by atoms with van der Waals surface area (Å²) in [5, 5.41) is 19.0. The van der Waals surface area contributed by atoms with E-state index in [2.05, 4.69) is 9.97 Å². The van der Waals surface area contributed by atoms with Crippen LogP contribution in [0.25, 0.3) is 0 Å². The zero-order valence-electron chi connectivity index (χ0n) is 21.6. The van der Waals surface area contributed by atoms with Gasteiger partial charge in [0.2, 0.25) is 5.95 Å². The molecular weight excluding hydrogens is 536 g/mol. The van der Waals surface area contributed by atoms with Gasteiger partial charge in [0.1, 0.15) is 0 Å². The molecule has 0 saturated heterocycles. The van der Waals surface area contributed by atoms with Crippen molar-refractivity contribution in [2.24, 2.45) is 5.92 Å². The molecule has 0 spiro atoms. The Morgan fingerprint density at radius 1 is 0.925 bits per heavy atom. The monoisotopic (exact) mass is 563 g/mol. The van der Waals surface area contributed by atoms with E-state index in [9.17, 15) is 36.7 Å². The molecule has 0 amide bonds. The summed E-state index contributed by atoms with van der Waals surface area (Å²) in [5.74, 6) is 0.182. The average molecular weight is 564 g/mol. The predicted octanol–water partition coefficient (Wildman–Crippen LogP) is 6.92. The van der Waals surface area contributed by atoms with Crippen molar-refractivity contribution in [2.75, 3.05) is 22.9 Å². The predicted molar refractivity (Wildman–Crippen MR) is 136 cm³/mol. The molecule has 3 aromatic rings. The molecule has 0 atom stereocenters. The molecule has 1 aliphatic rings. The van der Waals surface area contributed by atoms with Gasteiger partial charge in [0.05, 0.1) is 35.2 Å². The number of alkyl halides is 6. The van der Waals surface area contributed by atoms with Crippen LogP contribution in [0.2, 0.25) is 0 Å². The van der Waals surface area contributed by atoms with Crippen molar-refractivity contribution < 1.29 is 31.4 Å². The zero-order chi connectivity index (χ0) is 29.1. The molecule has 1 fully saturated rings. The van der Waals surface area contributed by atoms with Gasteiger partial charge >= 0.3 is 12.4 Å². The van der Waals surface area contributed by atoms with Crippen molar-refractivity contribution in [3.63, 3.8) is 0 Å². The standard InChI is InChI=1S/C28H27F6N5O/c1-2-7-38(15-18-3-4-18)25-6-5-22(27(29,30)31)11-21(25)17-39(26-36-13-24(40)14-37-26)16-20-8-19(12-35)9-23(10-20)28(32,33)34/h5-6,8-11,13-14,18,40H,2-4,7,15-17H2,1H3. The van der Waals surface area contributed by atoms with Crippen LogP contribution in [0.5, 0.6) is 5.75 Å². The second-order valence-corrected chi connectivity index (χ2v) is 9.86. The summed E-state index contributed by atoms with van der Waals surface area (Å²) in [6.07, 6.45) is -4.29. The number of hydrogen-bond donors (Lipinski definition) is 1. The third-order valence-corrected chi connectivity index (χ3v) is 6.51. The van der Waals surface area contributed by atoms with Gasteiger partial charge in [-0.05, 0) is 72.7 Å². The number of benzene rings is 2. The van der Waals surface area contributed by atoms with Crippen molar-refractivity contribution in [1.82, 2.24) is 9.97 Å². The van der Waals surface area contributed by atoms with Crippen molar-refractivity contribution in [3.05, 3.63) is 76.6 Å². The van der Waals surface area contributed by atoms with Crippen LogP contribution in [0, 0.1) is 17.2 Å². The van der Waals surface area contributed by atoms with Crippen LogP contribution in [0.1, 0.15) is 54.0 Å². The summed E-state index contributed by atoms with van der Waals surface area (Å²) in [4.78, 5) is 11.6. The van der Waals surface area contributed by atoms with E-state index in [1.165, 1.54) is 17.0 Å². The maximum Gasteiger partial charge on any atom is 0.416 e. The number of aromatic hydroxyl groups is 1. The van der Waals surface area contributed by atoms with Gasteiger partial charge in [-0.25, -0.2) is 9.97 Å². The Bertz CT molecular complexity index is 1360. The molecule has 2 aromatic carbocycles. The van der Waals surface area contributed by atoms with Crippen molar-refractivity contribution in [2.45, 2.75) is 51.6 Å². The van der Waals surface area contributed by atoms with Crippen molar-refractivity contribution in [1.29, 1.82) is 5.26 Å². The topological polar surface area (TPSA) is 76.3 Å². The summed E-state index contributed by atoms with van der Waals surface area (Å²) >= 11 is 0. The molecule has 0 aliphatic heterocycles. The Hall–Kier alpha value is -4.01. The number of hydrogen-bond acceptors (Lipinski definition) is 6. The van der Waals surface area contributed by atoms with Crippen LogP contribution in [0.3, 0.4) is 0 Å². The lowest BCUT2D eigenvalue weighted by molar-refractivity contribution is -0.138. The van der Waals surface area contributed by atoms with Gasteiger partial charge in [-0.2, -0.15) is 31.6 Å². The molecule has 1 heterocycles. The van der Waals surface area contributed by atoms with E-state index in [1.807, 2.05) is 11.8 Å². The summed E-state index contributed by atoms with van der Waals surface area (Å²) in [6, 6.07) is 8.14. The molecule has 0 bridgehead atoms. The Labute approximate surface area is 227 Å². The molecule has 4 rings (SSSR count). The molecule has 12 heteroatoms. The molecule has 1 aromatic heterocycles. The Kier molecular flexibility index (Phi) is 8.42. The maximum absolute atomic E-state index is 13.7. The third-order valence-electron chi connectivity index (χ3n) is 6.51. The fourth-order valence-corrected chi connectivity index (χ4v) is 4.50. The number of anilines is 2. The molecule has 6 nitrogen and oxygen atoms in total. The lowest BCUT2D eigenvalue weighted by atomic mass is 10.0. The molecule has 0 radical (unpaired) electrons. The fourth-order valence-electron chi connectivity index (χ4n) is 4.50. The van der Waals surface area contributed by atoms with E-state index >= 15 is 0 Å². The molecule has 212 valence electrons. The second-order valence-electron chi connectivity index (χ2n) is 9.86. The van der Waals surface area contributed by atoms with E-state index in [1.54, 1.807) is 6.07 Å². The maximum atomic E-state index is 13.7. The number of nitrogens with zero attached hydrogens (tertiary/aromatic N) is 5. The van der Waals surface area contributed by atoms with Crippen LogP contribution >= 0.6 is 0 Å². The highest BCUT2D eigenvalue weighted by Crippen LogP contribution is 2.37. The lowest BCUT2D eigenvalue weighted by Crippen LogP contribution is -2.30. The van der Waals surface area contributed by atoms with E-state index in [0.717, 1.165) is 55.9 Å². The molecule has 1 saturated carbocycles. The normalized spacial score (nSPS) is 13.7. The van der Waals surface area contributed by atoms with Gasteiger partial charge in [0.15, 0.2) is 5.75 Å². The van der Waals surface area contributed by atoms with Crippen molar-refractivity contribution in [3.8, 4) is 11.8 Å². The Morgan fingerprint density at radius 2 is 1.60 bits per heavy atom. The first kappa shape index (κ1) is 29.0. The highest BCUT2D eigenvalue weighted by molar-refractivity contribution is 5.57. The first-order valence-corrected chi connectivity index (χ1v) is 12.7. The van der Waals surface area contributed by atoms with Gasteiger partial charge in [0, 0.05) is 31.9 Å². The Morgan fingerprint density at radius 3 is 2.17 bits per heavy atom. The Balaban J connectivity index is 1.79. The van der Waals surface area contributed by atoms with Gasteiger partial charge < -0.3 is 14.9 Å². The molecule has 1 aliphatic carbocycles. The zero-order valence-corrected chi connectivity index (χ0v) is 21.6. The van der Waals surface area contributed by atoms with E-state index in [4.69, 9.17) is 0 Å². The summed E-state index contributed by atoms with van der Waals surface area (Å²) in [7, 11) is 0. The summed E-state index contributed by atoms with van der Waals surface area (Å²) in [5.41, 5.74) is -1.10. The van der Waals surface area contributed by atoms with Gasteiger partial charge in [-0.15, -0.1) is 0 Å². The van der Waals surface area contributed by atoms with Crippen molar-refractivity contribution >= 4 is 11.6 Å². The first-order valence-electron chi connectivity index (χ1n) is 12.7. The van der Waals surface area contributed by atoms with E-state index in [0.29, 0.717) is 30.3 Å². The summed E-state index contributed by atoms with van der Waals surface area (Å²) in [6.45, 7) is 2.86. The van der Waals surface area contributed by atoms with Crippen LogP contribution < -0.4 is 9.80 Å². The first-order chi connectivity index (χ1) is 18.9. The quantitative estimate of drug-likeness (QED) is 0.270. The minimum absolute atomic E-state index is 0.0127. The minimum Gasteiger partial charge on any atom is -0.505 e. The molecule has 0 unspecified atom stereocenters. The van der Waals surface area contributed by atoms with Gasteiger partial charge in [0.25, 0.3) is 0 Å². The number of rotatable bonds is 10.